The van der Waals surface area contributed by atoms with E-state index >= 15 is 0 Å². The maximum Gasteiger partial charge on any atom is 0.153 e. The molecule has 0 spiro atoms. The van der Waals surface area contributed by atoms with Gasteiger partial charge in [0.1, 0.15) is 11.2 Å². The first-order chi connectivity index (χ1) is 29.2. The van der Waals surface area contributed by atoms with E-state index in [0.717, 1.165) is 78.8 Å². The summed E-state index contributed by atoms with van der Waals surface area (Å²) in [5.74, 6) is 1.55. The van der Waals surface area contributed by atoms with E-state index in [2.05, 4.69) is 202 Å². The first-order valence-corrected chi connectivity index (χ1v) is 19.9. The van der Waals surface area contributed by atoms with Crippen molar-refractivity contribution in [2.75, 3.05) is 9.80 Å². The first kappa shape index (κ1) is 33.2. The zero-order valence-electron chi connectivity index (χ0n) is 31.9. The fraction of sp³-hybridized carbons (Fsp3) is 0. The third-order valence-electron chi connectivity index (χ3n) is 11.5. The highest BCUT2D eigenvalue weighted by atomic mass is 16.5. The Labute approximate surface area is 340 Å². The van der Waals surface area contributed by atoms with Gasteiger partial charge >= 0.3 is 0 Å². The van der Waals surface area contributed by atoms with Crippen molar-refractivity contribution in [1.82, 2.24) is 4.57 Å². The Morgan fingerprint density at radius 2 is 0.966 bits per heavy atom. The molecule has 0 radical (unpaired) electrons. The number of aromatic nitrogens is 1. The van der Waals surface area contributed by atoms with Gasteiger partial charge in [0.2, 0.25) is 0 Å². The van der Waals surface area contributed by atoms with Crippen molar-refractivity contribution in [1.29, 1.82) is 0 Å². The third kappa shape index (κ3) is 5.40. The third-order valence-corrected chi connectivity index (χ3v) is 11.5. The second kappa shape index (κ2) is 13.3. The SMILES string of the molecule is c1ccc(-c2cccc(N(c3ccc(-n4c5ccccc5c5ccccc54)cc3)c3ccc4c(c3)Oc3ccccc3N4c3ccc4c(c3)oc3ccccc34)c2)cc1. The van der Waals surface area contributed by atoms with E-state index in [4.69, 9.17) is 9.15 Å². The number of benzene rings is 9. The van der Waals surface area contributed by atoms with Gasteiger partial charge < -0.3 is 23.5 Å². The summed E-state index contributed by atoms with van der Waals surface area (Å²) < 4.78 is 15.5. The molecular formula is C54H35N3O2. The largest absolute Gasteiger partial charge is 0.456 e. The molecule has 3 heterocycles. The molecule has 11 aromatic rings. The Balaban J connectivity index is 1.00. The van der Waals surface area contributed by atoms with Crippen LogP contribution >= 0.6 is 0 Å². The van der Waals surface area contributed by atoms with Crippen LogP contribution in [0.1, 0.15) is 0 Å². The molecule has 0 amide bonds. The van der Waals surface area contributed by atoms with Gasteiger partial charge in [0.25, 0.3) is 0 Å². The molecule has 0 aliphatic carbocycles. The minimum Gasteiger partial charge on any atom is -0.456 e. The van der Waals surface area contributed by atoms with Crippen LogP contribution in [0.15, 0.2) is 217 Å². The number of rotatable bonds is 6. The lowest BCUT2D eigenvalue weighted by Gasteiger charge is -2.34. The second-order valence-corrected chi connectivity index (χ2v) is 15.0. The zero-order chi connectivity index (χ0) is 38.9. The quantitative estimate of drug-likeness (QED) is 0.169. The number of hydrogen-bond donors (Lipinski definition) is 0. The van der Waals surface area contributed by atoms with Gasteiger partial charge in [-0.25, -0.2) is 0 Å². The molecule has 5 nitrogen and oxygen atoms in total. The van der Waals surface area contributed by atoms with Crippen molar-refractivity contribution >= 4 is 77.9 Å². The lowest BCUT2D eigenvalue weighted by molar-refractivity contribution is 0.477. The standard InChI is InChI=1S/C54H35N3O2/c1-2-13-36(14-3-1)37-15-12-16-40(33-37)55(38-25-27-39(28-26-38)56-47-20-7-4-17-43(47)44-18-5-8-21-48(44)56)41-30-32-50-54(35-41)59-52-24-11-9-22-49(52)57(50)42-29-31-46-45-19-6-10-23-51(45)58-53(46)34-42/h1-35H. The van der Waals surface area contributed by atoms with Crippen LogP contribution in [0.2, 0.25) is 0 Å². The lowest BCUT2D eigenvalue weighted by Crippen LogP contribution is -2.17. The molecule has 0 atom stereocenters. The van der Waals surface area contributed by atoms with Crippen LogP contribution in [0.25, 0.3) is 60.6 Å². The van der Waals surface area contributed by atoms with E-state index in [9.17, 15) is 0 Å². The smallest absolute Gasteiger partial charge is 0.153 e. The van der Waals surface area contributed by atoms with Crippen LogP contribution in [-0.2, 0) is 0 Å². The van der Waals surface area contributed by atoms with Gasteiger partial charge in [0.15, 0.2) is 11.5 Å². The molecule has 0 unspecified atom stereocenters. The van der Waals surface area contributed by atoms with E-state index in [1.807, 2.05) is 24.3 Å². The van der Waals surface area contributed by atoms with Crippen LogP contribution in [-0.4, -0.2) is 4.57 Å². The van der Waals surface area contributed by atoms with Gasteiger partial charge in [-0.3, -0.25) is 0 Å². The summed E-state index contributed by atoms with van der Waals surface area (Å²) in [4.78, 5) is 4.59. The summed E-state index contributed by atoms with van der Waals surface area (Å²) in [6, 6.07) is 74.9. The predicted octanol–water partition coefficient (Wildman–Crippen LogP) is 15.4. The van der Waals surface area contributed by atoms with E-state index < -0.39 is 0 Å². The molecule has 2 aromatic heterocycles. The normalized spacial score (nSPS) is 12.2. The minimum absolute atomic E-state index is 0.761. The average molecular weight is 758 g/mol. The Hall–Kier alpha value is -8.02. The number of hydrogen-bond acceptors (Lipinski definition) is 4. The highest BCUT2D eigenvalue weighted by Gasteiger charge is 2.28. The number of nitrogens with zero attached hydrogens (tertiary/aromatic N) is 3. The zero-order valence-corrected chi connectivity index (χ0v) is 31.9. The van der Waals surface area contributed by atoms with Gasteiger partial charge in [-0.15, -0.1) is 0 Å². The summed E-state index contributed by atoms with van der Waals surface area (Å²) >= 11 is 0. The highest BCUT2D eigenvalue weighted by Crippen LogP contribution is 2.53. The molecule has 0 saturated heterocycles. The maximum absolute atomic E-state index is 6.78. The monoisotopic (exact) mass is 757 g/mol. The van der Waals surface area contributed by atoms with Crippen molar-refractivity contribution in [3.63, 3.8) is 0 Å². The number of fused-ring (bicyclic) bond motifs is 8. The van der Waals surface area contributed by atoms with Crippen molar-refractivity contribution in [2.45, 2.75) is 0 Å². The summed E-state index contributed by atoms with van der Waals surface area (Å²) in [7, 11) is 0. The first-order valence-electron chi connectivity index (χ1n) is 19.9. The van der Waals surface area contributed by atoms with E-state index in [1.165, 1.54) is 27.4 Å². The van der Waals surface area contributed by atoms with Crippen LogP contribution in [0.4, 0.5) is 34.1 Å². The van der Waals surface area contributed by atoms with E-state index in [1.54, 1.807) is 0 Å². The van der Waals surface area contributed by atoms with Crippen LogP contribution in [0.5, 0.6) is 11.5 Å². The molecule has 5 heteroatoms. The minimum atomic E-state index is 0.761. The Kier molecular flexibility index (Phi) is 7.47. The van der Waals surface area contributed by atoms with Gasteiger partial charge in [-0.1, -0.05) is 109 Å². The molecule has 0 bridgehead atoms. The second-order valence-electron chi connectivity index (χ2n) is 15.0. The number of para-hydroxylation sites is 5. The van der Waals surface area contributed by atoms with Crippen molar-refractivity contribution in [3.05, 3.63) is 212 Å². The van der Waals surface area contributed by atoms with Crippen molar-refractivity contribution in [3.8, 4) is 28.3 Å². The topological polar surface area (TPSA) is 33.8 Å². The number of ether oxygens (including phenoxy) is 1. The van der Waals surface area contributed by atoms with Gasteiger partial charge in [-0.2, -0.15) is 0 Å². The van der Waals surface area contributed by atoms with Gasteiger partial charge in [0.05, 0.1) is 28.1 Å². The number of furan rings is 1. The molecule has 9 aromatic carbocycles. The molecule has 59 heavy (non-hydrogen) atoms. The Morgan fingerprint density at radius 1 is 0.356 bits per heavy atom. The molecule has 1 aliphatic heterocycles. The van der Waals surface area contributed by atoms with Gasteiger partial charge in [-0.05, 0) is 102 Å². The molecule has 0 N–H and O–H groups in total. The Morgan fingerprint density at radius 3 is 1.78 bits per heavy atom. The molecule has 278 valence electrons. The van der Waals surface area contributed by atoms with Crippen LogP contribution in [0.3, 0.4) is 0 Å². The average Bonchev–Trinajstić information content (AvgIpc) is 3.84. The number of anilines is 6. The summed E-state index contributed by atoms with van der Waals surface area (Å²) in [6.07, 6.45) is 0. The summed E-state index contributed by atoms with van der Waals surface area (Å²) in [5, 5.41) is 4.70. The van der Waals surface area contributed by atoms with E-state index in [-0.39, 0.29) is 0 Å². The molecule has 0 saturated carbocycles. The van der Waals surface area contributed by atoms with Crippen molar-refractivity contribution in [2.24, 2.45) is 0 Å². The van der Waals surface area contributed by atoms with Crippen LogP contribution in [0, 0.1) is 0 Å². The van der Waals surface area contributed by atoms with Crippen LogP contribution < -0.4 is 14.5 Å². The van der Waals surface area contributed by atoms with Crippen molar-refractivity contribution < 1.29 is 9.15 Å². The maximum atomic E-state index is 6.78. The fourth-order valence-corrected chi connectivity index (χ4v) is 8.87. The van der Waals surface area contributed by atoms with Gasteiger partial charge in [0, 0.05) is 56.4 Å². The summed E-state index contributed by atoms with van der Waals surface area (Å²) in [6.45, 7) is 0. The molecule has 0 fully saturated rings. The van der Waals surface area contributed by atoms with E-state index in [0.29, 0.717) is 0 Å². The molecule has 12 rings (SSSR count). The molecular weight excluding hydrogens is 723 g/mol. The molecule has 1 aliphatic rings. The highest BCUT2D eigenvalue weighted by molar-refractivity contribution is 6.09. The summed E-state index contributed by atoms with van der Waals surface area (Å²) in [5.41, 5.74) is 13.5. The Bertz CT molecular complexity index is 3330. The fourth-order valence-electron chi connectivity index (χ4n) is 8.87. The predicted molar refractivity (Wildman–Crippen MR) is 243 cm³/mol. The lowest BCUT2D eigenvalue weighted by atomic mass is 10.0.